The van der Waals surface area contributed by atoms with Crippen molar-refractivity contribution in [2.45, 2.75) is 6.54 Å². The topological polar surface area (TPSA) is 78.3 Å². The van der Waals surface area contributed by atoms with Crippen LogP contribution >= 0.6 is 11.5 Å². The first-order valence-electron chi connectivity index (χ1n) is 4.75. The second-order valence-corrected chi connectivity index (χ2v) is 4.13. The van der Waals surface area contributed by atoms with Gasteiger partial charge in [0.05, 0.1) is 0 Å². The second kappa shape index (κ2) is 4.65. The van der Waals surface area contributed by atoms with E-state index in [9.17, 15) is 4.79 Å². The van der Waals surface area contributed by atoms with Crippen molar-refractivity contribution >= 4 is 17.5 Å². The molecular formula is C8H12N4O2S. The number of aromatic carboxylic acids is 1. The van der Waals surface area contributed by atoms with Crippen molar-refractivity contribution < 1.29 is 9.90 Å². The van der Waals surface area contributed by atoms with E-state index in [1.807, 2.05) is 0 Å². The van der Waals surface area contributed by atoms with E-state index in [1.165, 1.54) is 0 Å². The number of nitrogens with zero attached hydrogens (tertiary/aromatic N) is 3. The first kappa shape index (κ1) is 10.5. The Balaban J connectivity index is 2.03. The Hall–Kier alpha value is -1.05. The third-order valence-electron chi connectivity index (χ3n) is 2.33. The Morgan fingerprint density at radius 1 is 1.53 bits per heavy atom. The number of carboxylic acid groups (broad SMARTS) is 1. The quantitative estimate of drug-likeness (QED) is 0.735. The molecule has 7 heteroatoms. The summed E-state index contributed by atoms with van der Waals surface area (Å²) < 4.78 is 3.68. The number of rotatable bonds is 3. The van der Waals surface area contributed by atoms with Gasteiger partial charge in [0, 0.05) is 32.7 Å². The summed E-state index contributed by atoms with van der Waals surface area (Å²) in [6, 6.07) is 0. The number of piperazine rings is 1. The summed E-state index contributed by atoms with van der Waals surface area (Å²) in [7, 11) is 0. The molecule has 0 bridgehead atoms. The van der Waals surface area contributed by atoms with E-state index in [2.05, 4.69) is 19.8 Å². The van der Waals surface area contributed by atoms with Gasteiger partial charge in [0.1, 0.15) is 5.69 Å². The van der Waals surface area contributed by atoms with Crippen molar-refractivity contribution in [1.82, 2.24) is 19.8 Å². The summed E-state index contributed by atoms with van der Waals surface area (Å²) in [4.78, 5) is 13.3. The molecular weight excluding hydrogens is 216 g/mol. The molecule has 6 nitrogen and oxygen atoms in total. The summed E-state index contributed by atoms with van der Waals surface area (Å²) >= 11 is 0.943. The van der Waals surface area contributed by atoms with Crippen LogP contribution in [0.5, 0.6) is 0 Å². The van der Waals surface area contributed by atoms with E-state index >= 15 is 0 Å². The molecule has 1 aromatic rings. The fourth-order valence-electron chi connectivity index (χ4n) is 1.56. The summed E-state index contributed by atoms with van der Waals surface area (Å²) in [6.07, 6.45) is 0. The average Bonchev–Trinajstić information content (AvgIpc) is 2.67. The summed E-state index contributed by atoms with van der Waals surface area (Å²) in [5.41, 5.74) is 0.578. The lowest BCUT2D eigenvalue weighted by atomic mass is 10.3. The molecule has 0 aromatic carbocycles. The standard InChI is InChI=1S/C8H12N4O2S/c13-8(14)7-6(10-11-15-7)5-12-3-1-9-2-4-12/h9H,1-5H2,(H,13,14). The average molecular weight is 228 g/mol. The van der Waals surface area contributed by atoms with Crippen LogP contribution in [0, 0.1) is 0 Å². The number of hydrogen-bond acceptors (Lipinski definition) is 6. The normalized spacial score (nSPS) is 17.9. The third kappa shape index (κ3) is 2.49. The van der Waals surface area contributed by atoms with Crippen molar-refractivity contribution in [2.75, 3.05) is 26.2 Å². The van der Waals surface area contributed by atoms with Gasteiger partial charge in [-0.05, 0) is 11.5 Å². The van der Waals surface area contributed by atoms with Gasteiger partial charge in [-0.25, -0.2) is 4.79 Å². The molecule has 0 aliphatic carbocycles. The van der Waals surface area contributed by atoms with E-state index in [0.717, 1.165) is 37.7 Å². The minimum atomic E-state index is -0.935. The third-order valence-corrected chi connectivity index (χ3v) is 3.09. The predicted octanol–water partition coefficient (Wildman–Crippen LogP) is -0.358. The smallest absolute Gasteiger partial charge is 0.349 e. The summed E-state index contributed by atoms with van der Waals surface area (Å²) in [5, 5.41) is 16.0. The predicted molar refractivity (Wildman–Crippen MR) is 55.0 cm³/mol. The maximum Gasteiger partial charge on any atom is 0.349 e. The van der Waals surface area contributed by atoms with Gasteiger partial charge in [-0.3, -0.25) is 4.90 Å². The van der Waals surface area contributed by atoms with E-state index in [4.69, 9.17) is 5.11 Å². The van der Waals surface area contributed by atoms with Crippen molar-refractivity contribution in [3.05, 3.63) is 10.6 Å². The Labute approximate surface area is 91.1 Å². The molecule has 0 unspecified atom stereocenters. The molecule has 2 rings (SSSR count). The first-order chi connectivity index (χ1) is 7.27. The van der Waals surface area contributed by atoms with Crippen LogP contribution in [-0.4, -0.2) is 51.7 Å². The van der Waals surface area contributed by atoms with Crippen LogP contribution in [-0.2, 0) is 6.54 Å². The Kier molecular flexibility index (Phi) is 3.24. The molecule has 0 saturated carbocycles. The summed E-state index contributed by atoms with van der Waals surface area (Å²) in [5.74, 6) is -0.935. The maximum absolute atomic E-state index is 10.8. The van der Waals surface area contributed by atoms with Gasteiger partial charge in [0.25, 0.3) is 0 Å². The zero-order chi connectivity index (χ0) is 10.7. The fraction of sp³-hybridized carbons (Fsp3) is 0.625. The van der Waals surface area contributed by atoms with Crippen LogP contribution in [0.3, 0.4) is 0 Å². The Morgan fingerprint density at radius 3 is 2.93 bits per heavy atom. The highest BCUT2D eigenvalue weighted by Crippen LogP contribution is 2.12. The van der Waals surface area contributed by atoms with Crippen LogP contribution in [0.1, 0.15) is 15.4 Å². The SMILES string of the molecule is O=C(O)c1snnc1CN1CCNCC1. The monoisotopic (exact) mass is 228 g/mol. The second-order valence-electron chi connectivity index (χ2n) is 3.38. The Morgan fingerprint density at radius 2 is 2.27 bits per heavy atom. The summed E-state index contributed by atoms with van der Waals surface area (Å²) in [6.45, 7) is 4.33. The number of aromatic nitrogens is 2. The minimum absolute atomic E-state index is 0.258. The molecule has 0 amide bonds. The number of nitrogens with one attached hydrogen (secondary N) is 1. The molecule has 15 heavy (non-hydrogen) atoms. The fourth-order valence-corrected chi connectivity index (χ4v) is 2.07. The molecule has 1 aliphatic heterocycles. The largest absolute Gasteiger partial charge is 0.477 e. The number of carboxylic acids is 1. The van der Waals surface area contributed by atoms with E-state index in [0.29, 0.717) is 12.2 Å². The van der Waals surface area contributed by atoms with Crippen LogP contribution in [0.2, 0.25) is 0 Å². The molecule has 1 aliphatic rings. The van der Waals surface area contributed by atoms with E-state index in [-0.39, 0.29) is 4.88 Å². The van der Waals surface area contributed by atoms with Gasteiger partial charge in [-0.15, -0.1) is 5.10 Å². The van der Waals surface area contributed by atoms with E-state index < -0.39 is 5.97 Å². The van der Waals surface area contributed by atoms with Gasteiger partial charge in [0.2, 0.25) is 0 Å². The van der Waals surface area contributed by atoms with Gasteiger partial charge in [-0.1, -0.05) is 4.49 Å². The molecule has 1 fully saturated rings. The van der Waals surface area contributed by atoms with Gasteiger partial charge in [0.15, 0.2) is 4.88 Å². The first-order valence-corrected chi connectivity index (χ1v) is 5.52. The van der Waals surface area contributed by atoms with Crippen molar-refractivity contribution in [2.24, 2.45) is 0 Å². The molecule has 1 aromatic heterocycles. The maximum atomic E-state index is 10.8. The van der Waals surface area contributed by atoms with Crippen molar-refractivity contribution in [1.29, 1.82) is 0 Å². The van der Waals surface area contributed by atoms with Crippen LogP contribution in [0.4, 0.5) is 0 Å². The highest BCUT2D eigenvalue weighted by molar-refractivity contribution is 7.07. The molecule has 82 valence electrons. The van der Waals surface area contributed by atoms with Gasteiger partial charge < -0.3 is 10.4 Å². The highest BCUT2D eigenvalue weighted by atomic mass is 32.1. The van der Waals surface area contributed by atoms with Crippen LogP contribution < -0.4 is 5.32 Å². The lowest BCUT2D eigenvalue weighted by Gasteiger charge is -2.26. The zero-order valence-corrected chi connectivity index (χ0v) is 8.96. The van der Waals surface area contributed by atoms with Crippen LogP contribution in [0.25, 0.3) is 0 Å². The lowest BCUT2D eigenvalue weighted by molar-refractivity contribution is 0.0699. The molecule has 0 atom stereocenters. The van der Waals surface area contributed by atoms with Crippen molar-refractivity contribution in [3.8, 4) is 0 Å². The van der Waals surface area contributed by atoms with E-state index in [1.54, 1.807) is 0 Å². The molecule has 1 saturated heterocycles. The Bertz CT molecular complexity index is 348. The minimum Gasteiger partial charge on any atom is -0.477 e. The van der Waals surface area contributed by atoms with Gasteiger partial charge in [-0.2, -0.15) is 0 Å². The van der Waals surface area contributed by atoms with Gasteiger partial charge >= 0.3 is 5.97 Å². The van der Waals surface area contributed by atoms with Crippen molar-refractivity contribution in [3.63, 3.8) is 0 Å². The molecule has 0 radical (unpaired) electrons. The highest BCUT2D eigenvalue weighted by Gasteiger charge is 2.18. The zero-order valence-electron chi connectivity index (χ0n) is 8.14. The number of carbonyl (C=O) groups is 1. The lowest BCUT2D eigenvalue weighted by Crippen LogP contribution is -2.43. The van der Waals surface area contributed by atoms with Crippen LogP contribution in [0.15, 0.2) is 0 Å². The molecule has 0 spiro atoms. The molecule has 2 N–H and O–H groups in total. The molecule has 2 heterocycles. The number of hydrogen-bond donors (Lipinski definition) is 2.